The van der Waals surface area contributed by atoms with Crippen molar-refractivity contribution in [1.29, 1.82) is 0 Å². The summed E-state index contributed by atoms with van der Waals surface area (Å²) in [5.41, 5.74) is 6.43. The molecule has 0 aromatic carbocycles. The van der Waals surface area contributed by atoms with Crippen LogP contribution in [-0.2, 0) is 7.05 Å². The molecule has 1 aromatic rings. The molecule has 0 aliphatic heterocycles. The van der Waals surface area contributed by atoms with Crippen molar-refractivity contribution >= 4 is 5.91 Å². The van der Waals surface area contributed by atoms with Gasteiger partial charge in [0.2, 0.25) is 0 Å². The van der Waals surface area contributed by atoms with Crippen molar-refractivity contribution in [3.8, 4) is 0 Å². The Morgan fingerprint density at radius 1 is 1.56 bits per heavy atom. The van der Waals surface area contributed by atoms with Crippen molar-refractivity contribution in [3.05, 3.63) is 18.0 Å². The summed E-state index contributed by atoms with van der Waals surface area (Å²) in [6, 6.07) is 1.90. The molecule has 1 fully saturated rings. The third kappa shape index (κ3) is 2.41. The van der Waals surface area contributed by atoms with E-state index in [-0.39, 0.29) is 18.0 Å². The Hall–Kier alpha value is -1.36. The van der Waals surface area contributed by atoms with Crippen LogP contribution in [0.4, 0.5) is 0 Å². The predicted octanol–water partition coefficient (Wildman–Crippen LogP) is 0.420. The minimum Gasteiger partial charge on any atom is -0.346 e. The second kappa shape index (κ2) is 4.65. The standard InChI is InChI=1S/C11H18N4O/c1-15-7-6-10(14-15)11(16)13-9-5-3-2-4-8(9)12/h6-9H,2-5,12H2,1H3,(H,13,16). The number of aromatic nitrogens is 2. The average molecular weight is 222 g/mol. The number of hydrogen-bond acceptors (Lipinski definition) is 3. The van der Waals surface area contributed by atoms with E-state index in [0.29, 0.717) is 5.69 Å². The van der Waals surface area contributed by atoms with E-state index in [1.54, 1.807) is 24.0 Å². The molecule has 0 saturated heterocycles. The molecule has 2 unspecified atom stereocenters. The van der Waals surface area contributed by atoms with Gasteiger partial charge in [-0.2, -0.15) is 5.10 Å². The molecule has 0 spiro atoms. The minimum atomic E-state index is -0.122. The first-order valence-electron chi connectivity index (χ1n) is 5.73. The van der Waals surface area contributed by atoms with Gasteiger partial charge in [0.1, 0.15) is 5.69 Å². The number of nitrogens with two attached hydrogens (primary N) is 1. The molecule has 2 atom stereocenters. The first-order valence-corrected chi connectivity index (χ1v) is 5.73. The fourth-order valence-electron chi connectivity index (χ4n) is 2.12. The maximum atomic E-state index is 11.8. The fourth-order valence-corrected chi connectivity index (χ4v) is 2.12. The van der Waals surface area contributed by atoms with Crippen LogP contribution < -0.4 is 11.1 Å². The Morgan fingerprint density at radius 2 is 2.31 bits per heavy atom. The lowest BCUT2D eigenvalue weighted by Crippen LogP contribution is -2.49. The lowest BCUT2D eigenvalue weighted by Gasteiger charge is -2.28. The van der Waals surface area contributed by atoms with Crippen LogP contribution in [0.1, 0.15) is 36.2 Å². The summed E-state index contributed by atoms with van der Waals surface area (Å²) >= 11 is 0. The van der Waals surface area contributed by atoms with Gasteiger partial charge in [-0.3, -0.25) is 9.48 Å². The van der Waals surface area contributed by atoms with E-state index in [1.807, 2.05) is 0 Å². The monoisotopic (exact) mass is 222 g/mol. The van der Waals surface area contributed by atoms with Crippen LogP contribution in [0, 0.1) is 0 Å². The third-order valence-corrected chi connectivity index (χ3v) is 3.08. The molecular weight excluding hydrogens is 204 g/mol. The topological polar surface area (TPSA) is 72.9 Å². The van der Waals surface area contributed by atoms with E-state index in [0.717, 1.165) is 25.7 Å². The third-order valence-electron chi connectivity index (χ3n) is 3.08. The van der Waals surface area contributed by atoms with Crippen LogP contribution in [0.5, 0.6) is 0 Å². The molecule has 1 amide bonds. The van der Waals surface area contributed by atoms with Crippen molar-refractivity contribution in [1.82, 2.24) is 15.1 Å². The molecule has 5 heteroatoms. The lowest BCUT2D eigenvalue weighted by atomic mass is 9.91. The number of rotatable bonds is 2. The second-order valence-electron chi connectivity index (χ2n) is 4.40. The van der Waals surface area contributed by atoms with Gasteiger partial charge in [0.25, 0.3) is 5.91 Å². The molecule has 1 heterocycles. The summed E-state index contributed by atoms with van der Waals surface area (Å²) in [6.07, 6.45) is 6.03. The minimum absolute atomic E-state index is 0.0846. The second-order valence-corrected chi connectivity index (χ2v) is 4.40. The summed E-state index contributed by atoms with van der Waals surface area (Å²) in [4.78, 5) is 11.8. The molecule has 1 aromatic heterocycles. The van der Waals surface area contributed by atoms with Gasteiger partial charge in [-0.1, -0.05) is 12.8 Å². The zero-order chi connectivity index (χ0) is 11.5. The highest BCUT2D eigenvalue weighted by Crippen LogP contribution is 2.17. The first kappa shape index (κ1) is 11.1. The van der Waals surface area contributed by atoms with Gasteiger partial charge < -0.3 is 11.1 Å². The highest BCUT2D eigenvalue weighted by atomic mass is 16.2. The van der Waals surface area contributed by atoms with Crippen LogP contribution in [-0.4, -0.2) is 27.8 Å². The molecule has 2 rings (SSSR count). The van der Waals surface area contributed by atoms with Gasteiger partial charge in [0, 0.05) is 25.3 Å². The molecule has 0 bridgehead atoms. The van der Waals surface area contributed by atoms with E-state index in [1.165, 1.54) is 0 Å². The van der Waals surface area contributed by atoms with Crippen molar-refractivity contribution in [2.24, 2.45) is 12.8 Å². The quantitative estimate of drug-likeness (QED) is 0.761. The van der Waals surface area contributed by atoms with Gasteiger partial charge >= 0.3 is 0 Å². The summed E-state index contributed by atoms with van der Waals surface area (Å²) in [5.74, 6) is -0.122. The Labute approximate surface area is 95.0 Å². The SMILES string of the molecule is Cn1ccc(C(=O)NC2CCCCC2N)n1. The van der Waals surface area contributed by atoms with Crippen LogP contribution in [0.25, 0.3) is 0 Å². The summed E-state index contributed by atoms with van der Waals surface area (Å²) in [7, 11) is 1.79. The number of carbonyl (C=O) groups is 1. The highest BCUT2D eigenvalue weighted by molar-refractivity contribution is 5.92. The van der Waals surface area contributed by atoms with E-state index >= 15 is 0 Å². The first-order chi connectivity index (χ1) is 7.66. The van der Waals surface area contributed by atoms with Crippen molar-refractivity contribution in [2.75, 3.05) is 0 Å². The number of carbonyl (C=O) groups excluding carboxylic acids is 1. The number of nitrogens with zero attached hydrogens (tertiary/aromatic N) is 2. The molecule has 1 aliphatic carbocycles. The van der Waals surface area contributed by atoms with E-state index < -0.39 is 0 Å². The zero-order valence-electron chi connectivity index (χ0n) is 9.52. The molecule has 3 N–H and O–H groups in total. The Kier molecular flexibility index (Phi) is 3.24. The van der Waals surface area contributed by atoms with Crippen LogP contribution in [0.15, 0.2) is 12.3 Å². The van der Waals surface area contributed by atoms with E-state index in [4.69, 9.17) is 5.73 Å². The molecule has 5 nitrogen and oxygen atoms in total. The number of aryl methyl sites for hydroxylation is 1. The van der Waals surface area contributed by atoms with Crippen LogP contribution >= 0.6 is 0 Å². The zero-order valence-corrected chi connectivity index (χ0v) is 9.52. The Bertz CT molecular complexity index is 374. The fraction of sp³-hybridized carbons (Fsp3) is 0.636. The highest BCUT2D eigenvalue weighted by Gasteiger charge is 2.24. The predicted molar refractivity (Wildman–Crippen MR) is 60.9 cm³/mol. The van der Waals surface area contributed by atoms with Gasteiger partial charge in [0.15, 0.2) is 0 Å². The summed E-state index contributed by atoms with van der Waals surface area (Å²) in [5, 5.41) is 7.02. The maximum Gasteiger partial charge on any atom is 0.272 e. The van der Waals surface area contributed by atoms with Gasteiger partial charge in [-0.25, -0.2) is 0 Å². The molecular formula is C11H18N4O. The smallest absolute Gasteiger partial charge is 0.272 e. The van der Waals surface area contributed by atoms with Gasteiger partial charge in [0.05, 0.1) is 0 Å². The largest absolute Gasteiger partial charge is 0.346 e. The van der Waals surface area contributed by atoms with Crippen molar-refractivity contribution in [2.45, 2.75) is 37.8 Å². The Balaban J connectivity index is 1.96. The lowest BCUT2D eigenvalue weighted by molar-refractivity contribution is 0.0915. The summed E-state index contributed by atoms with van der Waals surface area (Å²) < 4.78 is 1.62. The number of hydrogen-bond donors (Lipinski definition) is 2. The van der Waals surface area contributed by atoms with Crippen molar-refractivity contribution < 1.29 is 4.79 Å². The van der Waals surface area contributed by atoms with Crippen molar-refractivity contribution in [3.63, 3.8) is 0 Å². The normalized spacial score (nSPS) is 25.4. The maximum absolute atomic E-state index is 11.8. The summed E-state index contributed by atoms with van der Waals surface area (Å²) in [6.45, 7) is 0. The van der Waals surface area contributed by atoms with Gasteiger partial charge in [-0.05, 0) is 18.9 Å². The molecule has 88 valence electrons. The molecule has 16 heavy (non-hydrogen) atoms. The Morgan fingerprint density at radius 3 is 2.94 bits per heavy atom. The van der Waals surface area contributed by atoms with E-state index in [2.05, 4.69) is 10.4 Å². The number of nitrogens with one attached hydrogen (secondary N) is 1. The average Bonchev–Trinajstić information content (AvgIpc) is 2.68. The molecule has 1 saturated carbocycles. The van der Waals surface area contributed by atoms with Crippen LogP contribution in [0.3, 0.4) is 0 Å². The van der Waals surface area contributed by atoms with Crippen LogP contribution in [0.2, 0.25) is 0 Å². The number of amides is 1. The molecule has 0 radical (unpaired) electrons. The molecule has 1 aliphatic rings. The van der Waals surface area contributed by atoms with Gasteiger partial charge in [-0.15, -0.1) is 0 Å². The van der Waals surface area contributed by atoms with E-state index in [9.17, 15) is 4.79 Å².